The van der Waals surface area contributed by atoms with Crippen LogP contribution in [0.3, 0.4) is 0 Å². The number of nitriles is 1. The molecule has 1 aliphatic heterocycles. The Balaban J connectivity index is 1.65. The fourth-order valence-electron chi connectivity index (χ4n) is 6.79. The Hall–Kier alpha value is -4.41. The molecule has 5 atom stereocenters. The minimum atomic E-state index is -2.36. The molecule has 4 aromatic rings. The maximum Gasteiger partial charge on any atom is 0.330 e. The number of rotatable bonds is 17. The lowest BCUT2D eigenvalue weighted by molar-refractivity contribution is -0.0959. The lowest BCUT2D eigenvalue weighted by Crippen LogP contribution is -2.46. The van der Waals surface area contributed by atoms with E-state index in [0.717, 1.165) is 27.3 Å². The van der Waals surface area contributed by atoms with Crippen LogP contribution in [0.4, 0.5) is 4.39 Å². The molecule has 5 rings (SSSR count). The number of ether oxygens (including phenoxy) is 4. The van der Waals surface area contributed by atoms with Crippen molar-refractivity contribution < 1.29 is 32.4 Å². The van der Waals surface area contributed by atoms with E-state index in [2.05, 4.69) is 11.1 Å². The third-order valence-corrected chi connectivity index (χ3v) is 11.4. The van der Waals surface area contributed by atoms with Gasteiger partial charge in [-0.1, -0.05) is 54.6 Å². The molecule has 3 aromatic carbocycles. The van der Waals surface area contributed by atoms with Crippen molar-refractivity contribution in [2.24, 2.45) is 0 Å². The average molecular weight is 763 g/mol. The van der Waals surface area contributed by atoms with Crippen LogP contribution in [0, 0.1) is 11.3 Å². The quantitative estimate of drug-likeness (QED) is 0.0691. The Morgan fingerprint density at radius 3 is 1.98 bits per heavy atom. The summed E-state index contributed by atoms with van der Waals surface area (Å²) < 4.78 is 58.0. The molecule has 12 nitrogen and oxygen atoms in total. The number of hydrogen-bond donors (Lipinski definition) is 1. The van der Waals surface area contributed by atoms with Crippen LogP contribution in [0.15, 0.2) is 101 Å². The molecule has 2 heterocycles. The van der Waals surface area contributed by atoms with Crippen LogP contribution in [-0.2, 0) is 24.1 Å². The molecule has 1 aromatic heterocycles. The monoisotopic (exact) mass is 762 g/mol. The number of aromatic amines is 1. The van der Waals surface area contributed by atoms with Gasteiger partial charge in [-0.3, -0.25) is 14.3 Å². The standard InChI is InChI=1S/C40H48FN4O8P/c1-27(2)45(28(3)4)54(51-25-11-23-42)53-36-34(52-37(39(36,5)41)44-24-22-35(46)43-38(44)47)26-50-40(29-12-9-8-10-13-29,30-14-18-32(48-6)19-15-30)31-16-20-33(49-7)21-17-31/h8-10,12-22,24,27-28,34,36-37H,11,25-26H2,1-7H3,(H,43,46,47)/t34-,36?,37+,39?,54?/m1/s1. The predicted octanol–water partition coefficient (Wildman–Crippen LogP) is 6.85. The fraction of sp³-hybridized carbons (Fsp3) is 0.425. The normalized spacial score (nSPS) is 20.7. The van der Waals surface area contributed by atoms with Crippen molar-refractivity contribution in [3.63, 3.8) is 0 Å². The summed E-state index contributed by atoms with van der Waals surface area (Å²) in [7, 11) is 1.22. The summed E-state index contributed by atoms with van der Waals surface area (Å²) in [6, 6.07) is 27.7. The first-order valence-electron chi connectivity index (χ1n) is 17.8. The van der Waals surface area contributed by atoms with E-state index in [0.29, 0.717) is 11.5 Å². The van der Waals surface area contributed by atoms with Crippen LogP contribution < -0.4 is 20.7 Å². The number of methoxy groups -OCH3 is 2. The zero-order chi connectivity index (χ0) is 39.0. The maximum atomic E-state index is 17.6. The highest BCUT2D eigenvalue weighted by Gasteiger charge is 2.59. The number of halogens is 1. The van der Waals surface area contributed by atoms with Crippen molar-refractivity contribution in [2.75, 3.05) is 27.4 Å². The van der Waals surface area contributed by atoms with Crippen LogP contribution in [0.25, 0.3) is 0 Å². The first-order valence-corrected chi connectivity index (χ1v) is 18.9. The van der Waals surface area contributed by atoms with Crippen LogP contribution in [0.1, 0.15) is 64.0 Å². The van der Waals surface area contributed by atoms with Gasteiger partial charge in [-0.2, -0.15) is 5.26 Å². The molecular weight excluding hydrogens is 714 g/mol. The Morgan fingerprint density at radius 1 is 0.926 bits per heavy atom. The second kappa shape index (κ2) is 17.8. The molecular formula is C40H48FN4O8P. The minimum Gasteiger partial charge on any atom is -0.497 e. The highest BCUT2D eigenvalue weighted by Crippen LogP contribution is 2.54. The zero-order valence-corrected chi connectivity index (χ0v) is 32.5. The van der Waals surface area contributed by atoms with Gasteiger partial charge in [0.15, 0.2) is 11.9 Å². The topological polar surface area (TPSA) is 137 Å². The Labute approximate surface area is 316 Å². The second-order valence-electron chi connectivity index (χ2n) is 13.6. The van der Waals surface area contributed by atoms with Gasteiger partial charge in [0.1, 0.15) is 29.3 Å². The predicted molar refractivity (Wildman–Crippen MR) is 203 cm³/mol. The summed E-state index contributed by atoms with van der Waals surface area (Å²) in [5.41, 5.74) is -2.83. The van der Waals surface area contributed by atoms with E-state index in [4.69, 9.17) is 28.0 Å². The molecule has 0 aliphatic carbocycles. The van der Waals surface area contributed by atoms with Crippen LogP contribution in [0.5, 0.6) is 11.5 Å². The molecule has 1 aliphatic rings. The van der Waals surface area contributed by atoms with Crippen molar-refractivity contribution >= 4 is 8.53 Å². The average Bonchev–Trinajstić information content (AvgIpc) is 3.40. The van der Waals surface area contributed by atoms with Gasteiger partial charge in [0, 0.05) is 24.3 Å². The first-order chi connectivity index (χ1) is 25.9. The van der Waals surface area contributed by atoms with Crippen LogP contribution in [0.2, 0.25) is 0 Å². The van der Waals surface area contributed by atoms with Crippen LogP contribution >= 0.6 is 8.53 Å². The van der Waals surface area contributed by atoms with Crippen molar-refractivity contribution in [2.45, 2.75) is 82.8 Å². The zero-order valence-electron chi connectivity index (χ0n) is 31.6. The first kappa shape index (κ1) is 40.8. The lowest BCUT2D eigenvalue weighted by atomic mass is 9.80. The van der Waals surface area contributed by atoms with E-state index in [9.17, 15) is 14.9 Å². The molecule has 1 saturated heterocycles. The van der Waals surface area contributed by atoms with Crippen molar-refractivity contribution in [3.8, 4) is 17.6 Å². The highest BCUT2D eigenvalue weighted by molar-refractivity contribution is 7.44. The van der Waals surface area contributed by atoms with Gasteiger partial charge in [-0.25, -0.2) is 13.9 Å². The molecule has 14 heteroatoms. The molecule has 1 fully saturated rings. The van der Waals surface area contributed by atoms with E-state index in [1.807, 2.05) is 111 Å². The highest BCUT2D eigenvalue weighted by atomic mass is 31.2. The molecule has 0 spiro atoms. The van der Waals surface area contributed by atoms with Crippen molar-refractivity contribution in [1.29, 1.82) is 5.26 Å². The van der Waals surface area contributed by atoms with E-state index in [1.165, 1.54) is 13.1 Å². The molecule has 0 amide bonds. The third kappa shape index (κ3) is 8.60. The SMILES string of the molecule is COc1ccc(C(OC[C@H]2O[C@H](n3ccc(=O)[nH]c3=O)C(C)(F)C2OP(OCCC#N)N(C(C)C)C(C)C)(c2ccccc2)c2ccc(OC)cc2)cc1. The number of nitrogens with zero attached hydrogens (tertiary/aromatic N) is 3. The van der Waals surface area contributed by atoms with Gasteiger partial charge in [0.2, 0.25) is 0 Å². The summed E-state index contributed by atoms with van der Waals surface area (Å²) in [4.78, 5) is 27.3. The van der Waals surface area contributed by atoms with E-state index < -0.39 is 49.5 Å². The van der Waals surface area contributed by atoms with Gasteiger partial charge >= 0.3 is 5.69 Å². The second-order valence-corrected chi connectivity index (χ2v) is 15.0. The molecule has 3 unspecified atom stereocenters. The summed E-state index contributed by atoms with van der Waals surface area (Å²) in [5, 5.41) is 9.29. The molecule has 0 bridgehead atoms. The van der Waals surface area contributed by atoms with E-state index in [1.54, 1.807) is 14.2 Å². The number of benzene rings is 3. The molecule has 1 N–H and O–H groups in total. The fourth-order valence-corrected chi connectivity index (χ4v) is 8.63. The van der Waals surface area contributed by atoms with Gasteiger partial charge in [0.25, 0.3) is 14.1 Å². The number of nitrogens with one attached hydrogen (secondary N) is 1. The smallest absolute Gasteiger partial charge is 0.330 e. The lowest BCUT2D eigenvalue weighted by Gasteiger charge is -2.40. The molecule has 54 heavy (non-hydrogen) atoms. The molecule has 288 valence electrons. The Bertz CT molecular complexity index is 1910. The van der Waals surface area contributed by atoms with Gasteiger partial charge in [0.05, 0.1) is 39.9 Å². The van der Waals surface area contributed by atoms with Crippen molar-refractivity contribution in [1.82, 2.24) is 14.2 Å². The van der Waals surface area contributed by atoms with Gasteiger partial charge < -0.3 is 28.0 Å². The van der Waals surface area contributed by atoms with Gasteiger partial charge in [-0.15, -0.1) is 0 Å². The minimum absolute atomic E-state index is 0.0603. The van der Waals surface area contributed by atoms with Crippen LogP contribution in [-0.4, -0.2) is 71.6 Å². The summed E-state index contributed by atoms with van der Waals surface area (Å²) >= 11 is 0. The number of alkyl halides is 1. The third-order valence-electron chi connectivity index (χ3n) is 9.29. The van der Waals surface area contributed by atoms with Gasteiger partial charge in [-0.05, 0) is 75.6 Å². The molecule has 0 saturated carbocycles. The number of aromatic nitrogens is 2. The Morgan fingerprint density at radius 2 is 1.48 bits per heavy atom. The maximum absolute atomic E-state index is 17.6. The Kier molecular flexibility index (Phi) is 13.5. The number of H-pyrrole nitrogens is 1. The summed E-state index contributed by atoms with van der Waals surface area (Å²) in [5.74, 6) is 1.30. The largest absolute Gasteiger partial charge is 0.497 e. The van der Waals surface area contributed by atoms with E-state index in [-0.39, 0.29) is 31.7 Å². The summed E-state index contributed by atoms with van der Waals surface area (Å²) in [6.45, 7) is 9.05. The number of hydrogen-bond acceptors (Lipinski definition) is 10. The molecule has 0 radical (unpaired) electrons. The van der Waals surface area contributed by atoms with Crippen molar-refractivity contribution in [3.05, 3.63) is 129 Å². The summed E-state index contributed by atoms with van der Waals surface area (Å²) in [6.07, 6.45) is -2.68. The van der Waals surface area contributed by atoms with E-state index >= 15 is 4.39 Å².